The molecule has 0 atom stereocenters. The number of thiophene rings is 1. The number of benzene rings is 1. The zero-order valence-electron chi connectivity index (χ0n) is 23.5. The second-order valence-corrected chi connectivity index (χ2v) is 11.6. The van der Waals surface area contributed by atoms with Gasteiger partial charge < -0.3 is 24.3 Å². The number of aromatic nitrogens is 1. The first-order valence-corrected chi connectivity index (χ1v) is 13.9. The summed E-state index contributed by atoms with van der Waals surface area (Å²) >= 11 is 6.30. The molecule has 0 bridgehead atoms. The molecule has 3 aromatic rings. The highest BCUT2D eigenvalue weighted by Crippen LogP contribution is 2.45. The van der Waals surface area contributed by atoms with E-state index < -0.39 is 0 Å². The van der Waals surface area contributed by atoms with E-state index >= 15 is 0 Å². The van der Waals surface area contributed by atoms with Crippen molar-refractivity contribution >= 4 is 40.0 Å². The number of fused-ring (bicyclic) bond motifs is 3. The molecule has 0 saturated heterocycles. The number of rotatable bonds is 7. The summed E-state index contributed by atoms with van der Waals surface area (Å²) in [5.74, 6) is 1.18. The van der Waals surface area contributed by atoms with Gasteiger partial charge in [-0.25, -0.2) is 0 Å². The molecule has 2 amide bonds. The van der Waals surface area contributed by atoms with Gasteiger partial charge in [-0.1, -0.05) is 6.07 Å². The normalized spacial score (nSPS) is 11.9. The van der Waals surface area contributed by atoms with Crippen LogP contribution < -0.4 is 14.8 Å². The topological polar surface area (TPSA) is 89.9 Å². The van der Waals surface area contributed by atoms with E-state index in [1.807, 2.05) is 52.1 Å². The summed E-state index contributed by atoms with van der Waals surface area (Å²) in [5.41, 5.74) is 4.65. The average Bonchev–Trinajstić information content (AvgIpc) is 3.52. The van der Waals surface area contributed by atoms with Crippen molar-refractivity contribution in [2.45, 2.75) is 53.1 Å². The Balaban J connectivity index is 0.000000983. The summed E-state index contributed by atoms with van der Waals surface area (Å²) in [6.07, 6.45) is 0.781. The molecule has 2 aromatic heterocycles. The van der Waals surface area contributed by atoms with E-state index in [-0.39, 0.29) is 22.6 Å². The molecule has 210 valence electrons. The molecule has 0 saturated carbocycles. The molecule has 0 fully saturated rings. The quantitative estimate of drug-likeness (QED) is 0.293. The van der Waals surface area contributed by atoms with Gasteiger partial charge in [0.25, 0.3) is 5.91 Å². The van der Waals surface area contributed by atoms with E-state index in [9.17, 15) is 14.4 Å². The maximum absolute atomic E-state index is 13.6. The standard InChI is InChI=1S/C27H33N3O4S.C2H3ClO/c1-17(31)28-10-12-34-23-16-19-18(14-22(23)33-6)9-11-30-21(26(32)29(5)27(2,3)4)15-20(25(19)30)24-8-7-13-35-24;1-2(3)4/h7-8,13-16H,9-12H2,1-6H3,(H,28,31);1H3. The second kappa shape index (κ2) is 12.7. The van der Waals surface area contributed by atoms with Gasteiger partial charge in [0.2, 0.25) is 11.1 Å². The van der Waals surface area contributed by atoms with Crippen LogP contribution in [-0.2, 0) is 22.6 Å². The number of hydrogen-bond acceptors (Lipinski definition) is 6. The average molecular weight is 574 g/mol. The van der Waals surface area contributed by atoms with Gasteiger partial charge in [0, 0.05) is 49.0 Å². The molecular weight excluding hydrogens is 538 g/mol. The van der Waals surface area contributed by atoms with Gasteiger partial charge in [0.15, 0.2) is 11.5 Å². The summed E-state index contributed by atoms with van der Waals surface area (Å²) in [7, 11) is 3.49. The number of methoxy groups -OCH3 is 1. The van der Waals surface area contributed by atoms with Gasteiger partial charge in [-0.05, 0) is 74.0 Å². The van der Waals surface area contributed by atoms with Crippen LogP contribution in [0, 0.1) is 0 Å². The number of ether oxygens (including phenoxy) is 2. The van der Waals surface area contributed by atoms with Crippen molar-refractivity contribution in [1.82, 2.24) is 14.8 Å². The van der Waals surface area contributed by atoms with Crippen molar-refractivity contribution in [3.05, 3.63) is 47.0 Å². The molecule has 0 unspecified atom stereocenters. The van der Waals surface area contributed by atoms with Crippen molar-refractivity contribution in [1.29, 1.82) is 0 Å². The van der Waals surface area contributed by atoms with Crippen molar-refractivity contribution in [3.8, 4) is 33.2 Å². The highest BCUT2D eigenvalue weighted by molar-refractivity contribution is 7.13. The summed E-state index contributed by atoms with van der Waals surface area (Å²) in [6, 6.07) is 10.2. The number of amides is 2. The molecule has 8 nitrogen and oxygen atoms in total. The lowest BCUT2D eigenvalue weighted by molar-refractivity contribution is -0.119. The molecule has 39 heavy (non-hydrogen) atoms. The largest absolute Gasteiger partial charge is 0.493 e. The molecular formula is C29H36ClN3O5S. The Morgan fingerprint density at radius 1 is 1.13 bits per heavy atom. The predicted octanol–water partition coefficient (Wildman–Crippen LogP) is 5.61. The van der Waals surface area contributed by atoms with Crippen LogP contribution >= 0.6 is 22.9 Å². The van der Waals surface area contributed by atoms with Gasteiger partial charge in [-0.15, -0.1) is 11.3 Å². The van der Waals surface area contributed by atoms with Gasteiger partial charge in [-0.3, -0.25) is 14.4 Å². The molecule has 1 N–H and O–H groups in total. The van der Waals surface area contributed by atoms with Crippen molar-refractivity contribution < 1.29 is 23.9 Å². The van der Waals surface area contributed by atoms with Crippen LogP contribution in [0.15, 0.2) is 35.7 Å². The van der Waals surface area contributed by atoms with E-state index in [2.05, 4.69) is 32.9 Å². The van der Waals surface area contributed by atoms with Gasteiger partial charge >= 0.3 is 0 Å². The smallest absolute Gasteiger partial charge is 0.270 e. The predicted molar refractivity (Wildman–Crippen MR) is 156 cm³/mol. The maximum Gasteiger partial charge on any atom is 0.270 e. The summed E-state index contributed by atoms with van der Waals surface area (Å²) in [6.45, 7) is 10.3. The highest BCUT2D eigenvalue weighted by Gasteiger charge is 2.32. The van der Waals surface area contributed by atoms with Crippen LogP contribution in [-0.4, -0.2) is 59.4 Å². The highest BCUT2D eigenvalue weighted by atomic mass is 35.5. The van der Waals surface area contributed by atoms with E-state index in [1.54, 1.807) is 23.3 Å². The van der Waals surface area contributed by atoms with Gasteiger partial charge in [0.05, 0.1) is 19.3 Å². The van der Waals surface area contributed by atoms with Crippen LogP contribution in [0.1, 0.15) is 50.7 Å². The van der Waals surface area contributed by atoms with E-state index in [4.69, 9.17) is 9.47 Å². The molecule has 1 aliphatic heterocycles. The lowest BCUT2D eigenvalue weighted by Gasteiger charge is -2.32. The van der Waals surface area contributed by atoms with Crippen LogP contribution in [0.2, 0.25) is 0 Å². The molecule has 10 heteroatoms. The van der Waals surface area contributed by atoms with Crippen LogP contribution in [0.25, 0.3) is 21.7 Å². The SMILES string of the molecule is CC(=O)Cl.COc1cc2c(cc1OCCNC(C)=O)-c1c(-c3cccs3)cc(C(=O)N(C)C(C)(C)C)n1CC2. The number of nitrogens with one attached hydrogen (secondary N) is 1. The van der Waals surface area contributed by atoms with Gasteiger partial charge in [0.1, 0.15) is 12.3 Å². The monoisotopic (exact) mass is 573 g/mol. The molecule has 1 aromatic carbocycles. The summed E-state index contributed by atoms with van der Waals surface area (Å²) in [4.78, 5) is 36.9. The minimum Gasteiger partial charge on any atom is -0.493 e. The Labute approximate surface area is 238 Å². The Morgan fingerprint density at radius 2 is 1.82 bits per heavy atom. The fourth-order valence-electron chi connectivity index (χ4n) is 4.27. The zero-order valence-corrected chi connectivity index (χ0v) is 25.1. The van der Waals surface area contributed by atoms with Crippen LogP contribution in [0.3, 0.4) is 0 Å². The minimum atomic E-state index is -0.361. The number of hydrogen-bond donors (Lipinski definition) is 1. The Kier molecular flexibility index (Phi) is 9.85. The van der Waals surface area contributed by atoms with Crippen molar-refractivity contribution in [2.75, 3.05) is 27.3 Å². The third-order valence-corrected chi connectivity index (χ3v) is 7.30. The lowest BCUT2D eigenvalue weighted by Crippen LogP contribution is -2.43. The first-order chi connectivity index (χ1) is 18.3. The number of aryl methyl sites for hydroxylation is 1. The minimum absolute atomic E-state index is 0.00491. The number of halogens is 1. The zero-order chi connectivity index (χ0) is 28.9. The van der Waals surface area contributed by atoms with E-state index in [0.717, 1.165) is 33.7 Å². The Hall–Kier alpha value is -3.30. The summed E-state index contributed by atoms with van der Waals surface area (Å²) < 4.78 is 13.8. The second-order valence-electron chi connectivity index (χ2n) is 10.2. The maximum atomic E-state index is 13.6. The Morgan fingerprint density at radius 3 is 2.38 bits per heavy atom. The fourth-order valence-corrected chi connectivity index (χ4v) is 5.01. The fraction of sp³-hybridized carbons (Fsp3) is 0.414. The first kappa shape index (κ1) is 30.2. The van der Waals surface area contributed by atoms with E-state index in [1.165, 1.54) is 13.8 Å². The van der Waals surface area contributed by atoms with Crippen molar-refractivity contribution in [2.24, 2.45) is 0 Å². The number of carbonyl (C=O) groups excluding carboxylic acids is 3. The lowest BCUT2D eigenvalue weighted by atomic mass is 9.95. The third-order valence-electron chi connectivity index (χ3n) is 6.40. The van der Waals surface area contributed by atoms with Crippen LogP contribution in [0.5, 0.6) is 11.5 Å². The number of nitrogens with zero attached hydrogens (tertiary/aromatic N) is 2. The molecule has 0 spiro atoms. The molecule has 0 aliphatic carbocycles. The Bertz CT molecular complexity index is 1340. The molecule has 3 heterocycles. The van der Waals surface area contributed by atoms with Crippen LogP contribution in [0.4, 0.5) is 0 Å². The van der Waals surface area contributed by atoms with E-state index in [0.29, 0.717) is 36.9 Å². The first-order valence-electron chi connectivity index (χ1n) is 12.6. The molecule has 1 aliphatic rings. The summed E-state index contributed by atoms with van der Waals surface area (Å²) in [5, 5.41) is 4.44. The third kappa shape index (κ3) is 7.22. The van der Waals surface area contributed by atoms with Gasteiger partial charge in [-0.2, -0.15) is 0 Å². The number of carbonyl (C=O) groups is 3. The molecule has 4 rings (SSSR count). The van der Waals surface area contributed by atoms with Crippen molar-refractivity contribution in [3.63, 3.8) is 0 Å². The molecule has 0 radical (unpaired) electrons.